The molecule has 84 valence electrons. The standard InChI is InChI=1S/C12H13FN2S/c1-7-3-4-10(13)9(5-7)11(14)12-8(2)15-6-16-12/h3-6,11H,14H2,1-2H3. The minimum atomic E-state index is -0.424. The Morgan fingerprint density at radius 3 is 2.75 bits per heavy atom. The quantitative estimate of drug-likeness (QED) is 0.870. The lowest BCUT2D eigenvalue weighted by Crippen LogP contribution is -2.13. The summed E-state index contributed by atoms with van der Waals surface area (Å²) in [4.78, 5) is 5.05. The molecule has 0 fully saturated rings. The van der Waals surface area contributed by atoms with Gasteiger partial charge in [0.15, 0.2) is 0 Å². The summed E-state index contributed by atoms with van der Waals surface area (Å²) < 4.78 is 13.6. The van der Waals surface area contributed by atoms with Crippen molar-refractivity contribution in [2.24, 2.45) is 5.73 Å². The van der Waals surface area contributed by atoms with Crippen LogP contribution in [0.5, 0.6) is 0 Å². The molecule has 1 unspecified atom stereocenters. The number of benzene rings is 1. The highest BCUT2D eigenvalue weighted by atomic mass is 32.1. The van der Waals surface area contributed by atoms with Crippen molar-refractivity contribution in [3.8, 4) is 0 Å². The molecule has 0 saturated heterocycles. The van der Waals surface area contributed by atoms with E-state index in [2.05, 4.69) is 4.98 Å². The molecule has 0 amide bonds. The van der Waals surface area contributed by atoms with E-state index in [4.69, 9.17) is 5.73 Å². The molecular weight excluding hydrogens is 223 g/mol. The molecule has 0 aliphatic carbocycles. The summed E-state index contributed by atoms with van der Waals surface area (Å²) in [7, 11) is 0. The number of aryl methyl sites for hydroxylation is 2. The first-order valence-electron chi connectivity index (χ1n) is 5.01. The van der Waals surface area contributed by atoms with E-state index in [1.807, 2.05) is 13.8 Å². The van der Waals surface area contributed by atoms with E-state index < -0.39 is 6.04 Å². The molecule has 1 heterocycles. The number of nitrogens with two attached hydrogens (primary N) is 1. The lowest BCUT2D eigenvalue weighted by molar-refractivity contribution is 0.600. The van der Waals surface area contributed by atoms with Crippen LogP contribution in [0.1, 0.15) is 27.7 Å². The molecule has 1 aromatic heterocycles. The third-order valence-corrected chi connectivity index (χ3v) is 3.57. The molecule has 2 nitrogen and oxygen atoms in total. The van der Waals surface area contributed by atoms with E-state index >= 15 is 0 Å². The molecule has 0 aliphatic heterocycles. The predicted octanol–water partition coefficient (Wildman–Crippen LogP) is 2.95. The van der Waals surface area contributed by atoms with Crippen molar-refractivity contribution in [1.82, 2.24) is 4.98 Å². The van der Waals surface area contributed by atoms with E-state index in [9.17, 15) is 4.39 Å². The number of hydrogen-bond acceptors (Lipinski definition) is 3. The van der Waals surface area contributed by atoms with Crippen LogP contribution in [-0.4, -0.2) is 4.98 Å². The molecule has 4 heteroatoms. The number of hydrogen-bond donors (Lipinski definition) is 1. The minimum absolute atomic E-state index is 0.258. The van der Waals surface area contributed by atoms with Gasteiger partial charge in [-0.15, -0.1) is 11.3 Å². The number of nitrogens with zero attached hydrogens (tertiary/aromatic N) is 1. The maximum Gasteiger partial charge on any atom is 0.128 e. The topological polar surface area (TPSA) is 38.9 Å². The largest absolute Gasteiger partial charge is 0.319 e. The monoisotopic (exact) mass is 236 g/mol. The van der Waals surface area contributed by atoms with Crippen LogP contribution < -0.4 is 5.73 Å². The van der Waals surface area contributed by atoms with Gasteiger partial charge in [-0.3, -0.25) is 0 Å². The Balaban J connectivity index is 2.45. The van der Waals surface area contributed by atoms with Gasteiger partial charge >= 0.3 is 0 Å². The Kier molecular flexibility index (Phi) is 3.03. The van der Waals surface area contributed by atoms with Crippen LogP contribution in [0, 0.1) is 19.7 Å². The average Bonchev–Trinajstić information content (AvgIpc) is 2.67. The van der Waals surface area contributed by atoms with E-state index in [1.54, 1.807) is 17.6 Å². The smallest absolute Gasteiger partial charge is 0.128 e. The first kappa shape index (κ1) is 11.2. The molecule has 16 heavy (non-hydrogen) atoms. The zero-order valence-electron chi connectivity index (χ0n) is 9.20. The molecule has 2 N–H and O–H groups in total. The summed E-state index contributed by atoms with van der Waals surface area (Å²) >= 11 is 1.46. The lowest BCUT2D eigenvalue weighted by atomic mass is 10.0. The highest BCUT2D eigenvalue weighted by molar-refractivity contribution is 7.09. The summed E-state index contributed by atoms with van der Waals surface area (Å²) in [5, 5.41) is 0. The van der Waals surface area contributed by atoms with Crippen LogP contribution in [0.4, 0.5) is 4.39 Å². The first-order valence-corrected chi connectivity index (χ1v) is 5.89. The van der Waals surface area contributed by atoms with Gasteiger partial charge < -0.3 is 5.73 Å². The highest BCUT2D eigenvalue weighted by Crippen LogP contribution is 2.27. The molecular formula is C12H13FN2S. The second-order valence-electron chi connectivity index (χ2n) is 3.80. The fraction of sp³-hybridized carbons (Fsp3) is 0.250. The predicted molar refractivity (Wildman–Crippen MR) is 64.0 cm³/mol. The molecule has 2 rings (SSSR count). The summed E-state index contributed by atoms with van der Waals surface area (Å²) in [6.45, 7) is 3.81. The number of thiazole rings is 1. The summed E-state index contributed by atoms with van der Waals surface area (Å²) in [6, 6.07) is 4.57. The Hall–Kier alpha value is -1.26. The van der Waals surface area contributed by atoms with Crippen molar-refractivity contribution in [2.75, 3.05) is 0 Å². The van der Waals surface area contributed by atoms with Crippen LogP contribution in [0.3, 0.4) is 0 Å². The van der Waals surface area contributed by atoms with Crippen LogP contribution in [0.2, 0.25) is 0 Å². The van der Waals surface area contributed by atoms with E-state index in [0.717, 1.165) is 16.1 Å². The summed E-state index contributed by atoms with van der Waals surface area (Å²) in [5.74, 6) is -0.258. The van der Waals surface area contributed by atoms with Crippen molar-refractivity contribution < 1.29 is 4.39 Å². The number of halogens is 1. The fourth-order valence-corrected chi connectivity index (χ4v) is 2.47. The van der Waals surface area contributed by atoms with Gasteiger partial charge in [-0.1, -0.05) is 17.7 Å². The molecule has 0 spiro atoms. The van der Waals surface area contributed by atoms with E-state index in [0.29, 0.717) is 5.56 Å². The molecule has 0 aliphatic rings. The van der Waals surface area contributed by atoms with Gasteiger partial charge in [0.2, 0.25) is 0 Å². The van der Waals surface area contributed by atoms with Crippen molar-refractivity contribution in [2.45, 2.75) is 19.9 Å². The highest BCUT2D eigenvalue weighted by Gasteiger charge is 2.17. The molecule has 1 atom stereocenters. The first-order chi connectivity index (χ1) is 7.59. The van der Waals surface area contributed by atoms with Crippen molar-refractivity contribution in [1.29, 1.82) is 0 Å². The molecule has 2 aromatic rings. The van der Waals surface area contributed by atoms with Crippen LogP contribution in [0.25, 0.3) is 0 Å². The second kappa shape index (κ2) is 4.31. The van der Waals surface area contributed by atoms with E-state index in [1.165, 1.54) is 17.4 Å². The van der Waals surface area contributed by atoms with Gasteiger partial charge in [-0.25, -0.2) is 9.37 Å². The summed E-state index contributed by atoms with van der Waals surface area (Å²) in [5.41, 5.74) is 10.2. The van der Waals surface area contributed by atoms with E-state index in [-0.39, 0.29) is 5.82 Å². The lowest BCUT2D eigenvalue weighted by Gasteiger charge is -2.12. The van der Waals surface area contributed by atoms with Crippen LogP contribution >= 0.6 is 11.3 Å². The Labute approximate surface area is 97.9 Å². The van der Waals surface area contributed by atoms with Gasteiger partial charge in [0.1, 0.15) is 5.82 Å². The van der Waals surface area contributed by atoms with Crippen LogP contribution in [-0.2, 0) is 0 Å². The third kappa shape index (κ3) is 1.99. The third-order valence-electron chi connectivity index (χ3n) is 2.55. The number of rotatable bonds is 2. The van der Waals surface area contributed by atoms with Gasteiger partial charge in [-0.05, 0) is 19.9 Å². The average molecular weight is 236 g/mol. The Morgan fingerprint density at radius 2 is 2.12 bits per heavy atom. The maximum atomic E-state index is 13.6. The SMILES string of the molecule is Cc1ccc(F)c(C(N)c2scnc2C)c1. The van der Waals surface area contributed by atoms with Crippen molar-refractivity contribution in [3.63, 3.8) is 0 Å². The van der Waals surface area contributed by atoms with Gasteiger partial charge in [-0.2, -0.15) is 0 Å². The molecule has 1 aromatic carbocycles. The van der Waals surface area contributed by atoms with Crippen molar-refractivity contribution in [3.05, 3.63) is 51.2 Å². The molecule has 0 bridgehead atoms. The minimum Gasteiger partial charge on any atom is -0.319 e. The number of aromatic nitrogens is 1. The molecule has 0 saturated carbocycles. The Bertz CT molecular complexity index is 507. The maximum absolute atomic E-state index is 13.6. The zero-order chi connectivity index (χ0) is 11.7. The van der Waals surface area contributed by atoms with Crippen LogP contribution in [0.15, 0.2) is 23.7 Å². The normalized spacial score (nSPS) is 12.8. The second-order valence-corrected chi connectivity index (χ2v) is 4.69. The zero-order valence-corrected chi connectivity index (χ0v) is 10.0. The Morgan fingerprint density at radius 1 is 1.38 bits per heavy atom. The summed E-state index contributed by atoms with van der Waals surface area (Å²) in [6.07, 6.45) is 0. The fourth-order valence-electron chi connectivity index (χ4n) is 1.65. The molecule has 0 radical (unpaired) electrons. The van der Waals surface area contributed by atoms with Gasteiger partial charge in [0.05, 0.1) is 17.2 Å². The van der Waals surface area contributed by atoms with Gasteiger partial charge in [0.25, 0.3) is 0 Å². The van der Waals surface area contributed by atoms with Crippen molar-refractivity contribution >= 4 is 11.3 Å². The van der Waals surface area contributed by atoms with Gasteiger partial charge in [0, 0.05) is 10.4 Å².